The van der Waals surface area contributed by atoms with Crippen LogP contribution in [0.3, 0.4) is 0 Å². The number of hydrogen-bond acceptors (Lipinski definition) is 2. The molecular weight excluding hydrogens is 389 g/mol. The van der Waals surface area contributed by atoms with Crippen molar-refractivity contribution in [3.63, 3.8) is 0 Å². The molecule has 1 N–H and O–H groups in total. The Balaban J connectivity index is 1.43. The minimum absolute atomic E-state index is 0.278. The minimum Gasteiger partial charge on any atom is -0.343 e. The lowest BCUT2D eigenvalue weighted by atomic mass is 10.2. The number of aromatic nitrogens is 1. The Morgan fingerprint density at radius 2 is 2.00 bits per heavy atom. The number of carbonyl (C=O) groups is 1. The zero-order chi connectivity index (χ0) is 20.2. The molecule has 1 fully saturated rings. The van der Waals surface area contributed by atoms with E-state index in [1.165, 1.54) is 11.6 Å². The van der Waals surface area contributed by atoms with Gasteiger partial charge in [-0.15, -0.1) is 0 Å². The van der Waals surface area contributed by atoms with Crippen molar-refractivity contribution in [2.24, 2.45) is 0 Å². The lowest BCUT2D eigenvalue weighted by Crippen LogP contribution is -2.28. The number of rotatable bonds is 8. The van der Waals surface area contributed by atoms with Crippen LogP contribution in [0.5, 0.6) is 0 Å². The van der Waals surface area contributed by atoms with Gasteiger partial charge in [-0.25, -0.2) is 4.39 Å². The van der Waals surface area contributed by atoms with Crippen molar-refractivity contribution < 1.29 is 9.18 Å². The first kappa shape index (κ1) is 19.9. The maximum Gasteiger partial charge on any atom is 0.222 e. The maximum atomic E-state index is 14.2. The summed E-state index contributed by atoms with van der Waals surface area (Å²) in [5.41, 5.74) is 2.74. The van der Waals surface area contributed by atoms with E-state index in [4.69, 9.17) is 11.6 Å². The van der Waals surface area contributed by atoms with E-state index in [-0.39, 0.29) is 11.7 Å². The number of amides is 1. The molecule has 1 amide bonds. The number of carbonyl (C=O) groups excluding carboxylic acids is 1. The number of halogens is 2. The molecule has 1 aliphatic heterocycles. The normalized spacial score (nSPS) is 14.3. The van der Waals surface area contributed by atoms with Crippen molar-refractivity contribution >= 4 is 28.4 Å². The number of fused-ring (bicyclic) bond motifs is 1. The summed E-state index contributed by atoms with van der Waals surface area (Å²) in [4.78, 5) is 13.6. The smallest absolute Gasteiger partial charge is 0.222 e. The number of para-hydroxylation sites is 1. The van der Waals surface area contributed by atoms with Crippen LogP contribution in [-0.2, 0) is 17.9 Å². The Labute approximate surface area is 175 Å². The number of nitrogens with one attached hydrogen (secondary N) is 1. The first-order valence-electron chi connectivity index (χ1n) is 10.1. The highest BCUT2D eigenvalue weighted by Crippen LogP contribution is 2.26. The zero-order valence-electron chi connectivity index (χ0n) is 16.3. The third kappa shape index (κ3) is 4.46. The molecule has 2 heterocycles. The van der Waals surface area contributed by atoms with Crippen molar-refractivity contribution in [2.45, 2.75) is 32.4 Å². The summed E-state index contributed by atoms with van der Waals surface area (Å²) in [5.74, 6) is -0.00806. The van der Waals surface area contributed by atoms with E-state index in [2.05, 4.69) is 22.1 Å². The van der Waals surface area contributed by atoms with Gasteiger partial charge in [-0.3, -0.25) is 4.79 Å². The fourth-order valence-corrected chi connectivity index (χ4v) is 4.23. The van der Waals surface area contributed by atoms with Crippen LogP contribution in [0.15, 0.2) is 48.7 Å². The summed E-state index contributed by atoms with van der Waals surface area (Å²) >= 11 is 6.23. The van der Waals surface area contributed by atoms with Crippen LogP contribution < -0.4 is 5.32 Å². The first-order chi connectivity index (χ1) is 14.1. The highest BCUT2D eigenvalue weighted by atomic mass is 35.5. The molecule has 1 saturated heterocycles. The average molecular weight is 414 g/mol. The molecule has 0 unspecified atom stereocenters. The molecule has 0 atom stereocenters. The molecule has 0 spiro atoms. The van der Waals surface area contributed by atoms with Crippen molar-refractivity contribution in [1.29, 1.82) is 0 Å². The predicted molar refractivity (Wildman–Crippen MR) is 115 cm³/mol. The van der Waals surface area contributed by atoms with Gasteiger partial charge in [0, 0.05) is 53.7 Å². The molecule has 1 aliphatic rings. The monoisotopic (exact) mass is 413 g/mol. The fraction of sp³-hybridized carbons (Fsp3) is 0.348. The molecule has 6 heteroatoms. The van der Waals surface area contributed by atoms with Crippen molar-refractivity contribution in [3.8, 4) is 0 Å². The van der Waals surface area contributed by atoms with Gasteiger partial charge >= 0.3 is 0 Å². The van der Waals surface area contributed by atoms with Gasteiger partial charge < -0.3 is 14.8 Å². The zero-order valence-corrected chi connectivity index (χ0v) is 17.1. The van der Waals surface area contributed by atoms with Gasteiger partial charge in [-0.1, -0.05) is 35.9 Å². The molecule has 29 heavy (non-hydrogen) atoms. The third-order valence-corrected chi connectivity index (χ3v) is 5.88. The topological polar surface area (TPSA) is 37.3 Å². The Kier molecular flexibility index (Phi) is 6.16. The standard InChI is InChI=1S/C23H25ClFN3O/c24-20-7-3-8-21(25)19(20)16-28-15-17(18-6-1-2-9-22(18)28)14-26-11-5-13-27-12-4-10-23(27)29/h1-3,6-9,15,26H,4-5,10-14,16H2. The van der Waals surface area contributed by atoms with E-state index in [0.717, 1.165) is 49.9 Å². The molecule has 152 valence electrons. The Morgan fingerprint density at radius 3 is 2.79 bits per heavy atom. The van der Waals surface area contributed by atoms with E-state index in [9.17, 15) is 9.18 Å². The van der Waals surface area contributed by atoms with Gasteiger partial charge in [0.05, 0.1) is 6.54 Å². The number of likely N-dealkylation sites (tertiary alicyclic amines) is 1. The molecule has 4 rings (SSSR count). The van der Waals surface area contributed by atoms with E-state index in [1.54, 1.807) is 12.1 Å². The average Bonchev–Trinajstić information content (AvgIpc) is 3.28. The highest BCUT2D eigenvalue weighted by molar-refractivity contribution is 6.31. The van der Waals surface area contributed by atoms with E-state index in [1.807, 2.05) is 23.1 Å². The lowest BCUT2D eigenvalue weighted by molar-refractivity contribution is -0.127. The summed E-state index contributed by atoms with van der Waals surface area (Å²) in [7, 11) is 0. The lowest BCUT2D eigenvalue weighted by Gasteiger charge is -2.15. The van der Waals surface area contributed by atoms with Gasteiger partial charge in [0.1, 0.15) is 5.82 Å². The second-order valence-corrected chi connectivity index (χ2v) is 7.92. The minimum atomic E-state index is -0.286. The third-order valence-electron chi connectivity index (χ3n) is 5.53. The summed E-state index contributed by atoms with van der Waals surface area (Å²) in [6, 6.07) is 12.9. The van der Waals surface area contributed by atoms with Crippen molar-refractivity contribution in [2.75, 3.05) is 19.6 Å². The van der Waals surface area contributed by atoms with Crippen LogP contribution in [-0.4, -0.2) is 35.0 Å². The van der Waals surface area contributed by atoms with Crippen molar-refractivity contribution in [1.82, 2.24) is 14.8 Å². The molecule has 2 aromatic carbocycles. The van der Waals surface area contributed by atoms with Gasteiger partial charge in [-0.05, 0) is 43.1 Å². The molecule has 0 bridgehead atoms. The van der Waals surface area contributed by atoms with E-state index >= 15 is 0 Å². The molecule has 0 saturated carbocycles. The quantitative estimate of drug-likeness (QED) is 0.548. The van der Waals surface area contributed by atoms with Gasteiger partial charge in [-0.2, -0.15) is 0 Å². The second-order valence-electron chi connectivity index (χ2n) is 7.51. The number of nitrogens with zero attached hydrogens (tertiary/aromatic N) is 2. The van der Waals surface area contributed by atoms with Crippen LogP contribution in [0.2, 0.25) is 5.02 Å². The largest absolute Gasteiger partial charge is 0.343 e. The summed E-state index contributed by atoms with van der Waals surface area (Å²) in [5, 5.41) is 5.08. The maximum absolute atomic E-state index is 14.2. The van der Waals surface area contributed by atoms with Crippen LogP contribution >= 0.6 is 11.6 Å². The summed E-state index contributed by atoms with van der Waals surface area (Å²) in [6.07, 6.45) is 4.69. The Hall–Kier alpha value is -2.37. The highest BCUT2D eigenvalue weighted by Gasteiger charge is 2.19. The Morgan fingerprint density at radius 1 is 1.14 bits per heavy atom. The Bertz CT molecular complexity index is 996. The van der Waals surface area contributed by atoms with Gasteiger partial charge in [0.25, 0.3) is 0 Å². The predicted octanol–water partition coefficient (Wildman–Crippen LogP) is 4.58. The summed E-state index contributed by atoms with van der Waals surface area (Å²) < 4.78 is 16.3. The van der Waals surface area contributed by atoms with Gasteiger partial charge in [0.15, 0.2) is 0 Å². The number of benzene rings is 2. The van der Waals surface area contributed by atoms with E-state index < -0.39 is 0 Å². The fourth-order valence-electron chi connectivity index (χ4n) is 4.01. The molecule has 0 radical (unpaired) electrons. The number of hydrogen-bond donors (Lipinski definition) is 1. The van der Waals surface area contributed by atoms with Crippen LogP contribution in [0.25, 0.3) is 10.9 Å². The molecule has 0 aliphatic carbocycles. The first-order valence-corrected chi connectivity index (χ1v) is 10.5. The summed E-state index contributed by atoms with van der Waals surface area (Å²) in [6.45, 7) is 3.68. The SMILES string of the molecule is O=C1CCCN1CCCNCc1cn(Cc2c(F)cccc2Cl)c2ccccc12. The molecule has 1 aromatic heterocycles. The second kappa shape index (κ2) is 8.97. The van der Waals surface area contributed by atoms with Crippen LogP contribution in [0.1, 0.15) is 30.4 Å². The molecule has 4 nitrogen and oxygen atoms in total. The molecular formula is C23H25ClFN3O. The van der Waals surface area contributed by atoms with Crippen molar-refractivity contribution in [3.05, 3.63) is 70.6 Å². The van der Waals surface area contributed by atoms with E-state index in [0.29, 0.717) is 23.6 Å². The molecule has 3 aromatic rings. The van der Waals surface area contributed by atoms with Crippen LogP contribution in [0.4, 0.5) is 4.39 Å². The van der Waals surface area contributed by atoms with Gasteiger partial charge in [0.2, 0.25) is 5.91 Å². The van der Waals surface area contributed by atoms with Crippen LogP contribution in [0, 0.1) is 5.82 Å².